The average Bonchev–Trinajstić information content (AvgIpc) is 3.00. The van der Waals surface area contributed by atoms with Crippen molar-refractivity contribution in [3.05, 3.63) is 23.5 Å². The minimum Gasteiger partial charge on any atom is -0.487 e. The highest BCUT2D eigenvalue weighted by Crippen LogP contribution is 2.36. The van der Waals surface area contributed by atoms with Crippen molar-refractivity contribution in [3.8, 4) is 11.8 Å². The molecule has 0 bridgehead atoms. The third kappa shape index (κ3) is 2.16. The summed E-state index contributed by atoms with van der Waals surface area (Å²) in [5, 5.41) is 9.08. The molecule has 16 heavy (non-hydrogen) atoms. The van der Waals surface area contributed by atoms with Crippen molar-refractivity contribution in [2.45, 2.75) is 45.1 Å². The van der Waals surface area contributed by atoms with Gasteiger partial charge >= 0.3 is 0 Å². The molecule has 0 saturated heterocycles. The van der Waals surface area contributed by atoms with E-state index in [9.17, 15) is 0 Å². The van der Waals surface area contributed by atoms with Crippen LogP contribution in [-0.4, -0.2) is 11.1 Å². The van der Waals surface area contributed by atoms with Crippen LogP contribution in [0.25, 0.3) is 0 Å². The van der Waals surface area contributed by atoms with Gasteiger partial charge < -0.3 is 4.74 Å². The zero-order valence-corrected chi connectivity index (χ0v) is 9.95. The van der Waals surface area contributed by atoms with Crippen molar-refractivity contribution in [1.82, 2.24) is 4.98 Å². The van der Waals surface area contributed by atoms with E-state index in [1.54, 1.807) is 12.3 Å². The number of hydrogen-bond acceptors (Lipinski definition) is 3. The molecule has 1 aromatic rings. The smallest absolute Gasteiger partial charge is 0.159 e. The SMILES string of the molecule is CC(C)(C)c1nccc(C#N)c1OC1CC1. The Morgan fingerprint density at radius 2 is 2.12 bits per heavy atom. The van der Waals surface area contributed by atoms with E-state index < -0.39 is 0 Å². The van der Waals surface area contributed by atoms with E-state index in [4.69, 9.17) is 10.00 Å². The van der Waals surface area contributed by atoms with E-state index in [-0.39, 0.29) is 11.5 Å². The minimum absolute atomic E-state index is 0.100. The maximum absolute atomic E-state index is 9.08. The summed E-state index contributed by atoms with van der Waals surface area (Å²) in [6.07, 6.45) is 4.14. The van der Waals surface area contributed by atoms with Crippen LogP contribution in [0.2, 0.25) is 0 Å². The zero-order valence-electron chi connectivity index (χ0n) is 9.95. The third-order valence-corrected chi connectivity index (χ3v) is 2.54. The van der Waals surface area contributed by atoms with E-state index in [2.05, 4.69) is 31.8 Å². The normalized spacial score (nSPS) is 15.6. The molecule has 1 saturated carbocycles. The maximum Gasteiger partial charge on any atom is 0.159 e. The first-order chi connectivity index (χ1) is 7.52. The minimum atomic E-state index is -0.100. The topological polar surface area (TPSA) is 45.9 Å². The highest BCUT2D eigenvalue weighted by molar-refractivity contribution is 5.47. The number of aromatic nitrogens is 1. The summed E-state index contributed by atoms with van der Waals surface area (Å²) in [5.41, 5.74) is 1.36. The number of pyridine rings is 1. The van der Waals surface area contributed by atoms with Gasteiger partial charge in [0.1, 0.15) is 6.07 Å². The second-order valence-corrected chi connectivity index (χ2v) is 5.22. The second-order valence-electron chi connectivity index (χ2n) is 5.22. The first kappa shape index (κ1) is 10.9. The molecule has 1 aliphatic carbocycles. The quantitative estimate of drug-likeness (QED) is 0.763. The summed E-state index contributed by atoms with van der Waals surface area (Å²) in [4.78, 5) is 4.36. The first-order valence-corrected chi connectivity index (χ1v) is 5.58. The van der Waals surface area contributed by atoms with Crippen LogP contribution in [-0.2, 0) is 5.41 Å². The molecule has 0 aliphatic heterocycles. The predicted octanol–water partition coefficient (Wildman–Crippen LogP) is 2.79. The van der Waals surface area contributed by atoms with Gasteiger partial charge in [0.2, 0.25) is 0 Å². The van der Waals surface area contributed by atoms with Crippen molar-refractivity contribution in [2.75, 3.05) is 0 Å². The molecule has 0 aromatic carbocycles. The molecule has 3 nitrogen and oxygen atoms in total. The van der Waals surface area contributed by atoms with Gasteiger partial charge in [-0.2, -0.15) is 5.26 Å². The van der Waals surface area contributed by atoms with Crippen molar-refractivity contribution in [3.63, 3.8) is 0 Å². The number of nitrogens with zero attached hydrogens (tertiary/aromatic N) is 2. The zero-order chi connectivity index (χ0) is 11.8. The monoisotopic (exact) mass is 216 g/mol. The van der Waals surface area contributed by atoms with E-state index in [0.29, 0.717) is 11.3 Å². The van der Waals surface area contributed by atoms with Gasteiger partial charge in [-0.1, -0.05) is 20.8 Å². The Bertz CT molecular complexity index is 436. The van der Waals surface area contributed by atoms with E-state index in [1.165, 1.54) is 0 Å². The van der Waals surface area contributed by atoms with Gasteiger partial charge in [-0.15, -0.1) is 0 Å². The Morgan fingerprint density at radius 1 is 1.44 bits per heavy atom. The van der Waals surface area contributed by atoms with Gasteiger partial charge in [0.25, 0.3) is 0 Å². The van der Waals surface area contributed by atoms with Gasteiger partial charge in [0.15, 0.2) is 5.75 Å². The van der Waals surface area contributed by atoms with Crippen molar-refractivity contribution < 1.29 is 4.74 Å². The highest BCUT2D eigenvalue weighted by atomic mass is 16.5. The van der Waals surface area contributed by atoms with Crippen molar-refractivity contribution >= 4 is 0 Å². The molecule has 2 rings (SSSR count). The molecule has 1 aliphatic rings. The summed E-state index contributed by atoms with van der Waals surface area (Å²) >= 11 is 0. The van der Waals surface area contributed by atoms with E-state index >= 15 is 0 Å². The molecular weight excluding hydrogens is 200 g/mol. The highest BCUT2D eigenvalue weighted by Gasteiger charge is 2.29. The Balaban J connectivity index is 2.46. The Kier molecular flexibility index (Phi) is 2.59. The summed E-state index contributed by atoms with van der Waals surface area (Å²) in [7, 11) is 0. The summed E-state index contributed by atoms with van der Waals surface area (Å²) in [5.74, 6) is 0.681. The average molecular weight is 216 g/mol. The van der Waals surface area contributed by atoms with Crippen LogP contribution in [0.3, 0.4) is 0 Å². The standard InChI is InChI=1S/C13H16N2O/c1-13(2,3)12-11(16-10-4-5-10)9(8-14)6-7-15-12/h6-7,10H,4-5H2,1-3H3. The molecule has 0 N–H and O–H groups in total. The molecule has 0 unspecified atom stereocenters. The summed E-state index contributed by atoms with van der Waals surface area (Å²) in [6.45, 7) is 6.24. The van der Waals surface area contributed by atoms with Crippen molar-refractivity contribution in [2.24, 2.45) is 0 Å². The molecule has 0 atom stereocenters. The number of nitriles is 1. The van der Waals surface area contributed by atoms with Gasteiger partial charge in [-0.05, 0) is 18.9 Å². The van der Waals surface area contributed by atoms with Crippen LogP contribution in [0.15, 0.2) is 12.3 Å². The fraction of sp³-hybridized carbons (Fsp3) is 0.538. The van der Waals surface area contributed by atoms with Crippen molar-refractivity contribution in [1.29, 1.82) is 5.26 Å². The molecule has 84 valence electrons. The van der Waals surface area contributed by atoms with Gasteiger partial charge in [-0.25, -0.2) is 0 Å². The largest absolute Gasteiger partial charge is 0.487 e. The fourth-order valence-electron chi connectivity index (χ4n) is 1.54. The van der Waals surface area contributed by atoms with Gasteiger partial charge in [-0.3, -0.25) is 4.98 Å². The van der Waals surface area contributed by atoms with Crippen LogP contribution in [0.4, 0.5) is 0 Å². The Labute approximate surface area is 96.1 Å². The number of rotatable bonds is 2. The molecule has 1 heterocycles. The van der Waals surface area contributed by atoms with E-state index in [1.807, 2.05) is 0 Å². The molecule has 0 spiro atoms. The molecule has 0 amide bonds. The number of ether oxygens (including phenoxy) is 1. The maximum atomic E-state index is 9.08. The van der Waals surface area contributed by atoms with Crippen LogP contribution >= 0.6 is 0 Å². The molecule has 0 radical (unpaired) electrons. The van der Waals surface area contributed by atoms with Gasteiger partial charge in [0, 0.05) is 11.6 Å². The second kappa shape index (κ2) is 3.79. The lowest BCUT2D eigenvalue weighted by Gasteiger charge is -2.21. The van der Waals surface area contributed by atoms with Crippen LogP contribution in [0.1, 0.15) is 44.9 Å². The van der Waals surface area contributed by atoms with E-state index in [0.717, 1.165) is 18.5 Å². The molecule has 3 heteroatoms. The summed E-state index contributed by atoms with van der Waals surface area (Å²) in [6, 6.07) is 3.89. The molecule has 1 aromatic heterocycles. The molecule has 1 fully saturated rings. The lowest BCUT2D eigenvalue weighted by molar-refractivity contribution is 0.291. The Morgan fingerprint density at radius 3 is 2.62 bits per heavy atom. The number of hydrogen-bond donors (Lipinski definition) is 0. The van der Waals surface area contributed by atoms with Crippen LogP contribution in [0, 0.1) is 11.3 Å². The fourth-order valence-corrected chi connectivity index (χ4v) is 1.54. The predicted molar refractivity (Wildman–Crippen MR) is 61.3 cm³/mol. The Hall–Kier alpha value is -1.56. The lowest BCUT2D eigenvalue weighted by Crippen LogP contribution is -2.17. The summed E-state index contributed by atoms with van der Waals surface area (Å²) < 4.78 is 5.82. The van der Waals surface area contributed by atoms with Gasteiger partial charge in [0.05, 0.1) is 17.4 Å². The molecular formula is C13H16N2O. The van der Waals surface area contributed by atoms with Crippen LogP contribution in [0.5, 0.6) is 5.75 Å². The lowest BCUT2D eigenvalue weighted by atomic mass is 9.90. The first-order valence-electron chi connectivity index (χ1n) is 5.58. The third-order valence-electron chi connectivity index (χ3n) is 2.54. The van der Waals surface area contributed by atoms with Crippen LogP contribution < -0.4 is 4.74 Å².